The Labute approximate surface area is 208 Å². The molecular weight excluding hydrogens is 462 g/mol. The minimum Gasteiger partial charge on any atom is -0.497 e. The molecule has 0 radical (unpaired) electrons. The summed E-state index contributed by atoms with van der Waals surface area (Å²) < 4.78 is 16.2. The van der Waals surface area contributed by atoms with Crippen LogP contribution in [0.3, 0.4) is 0 Å². The summed E-state index contributed by atoms with van der Waals surface area (Å²) in [7, 11) is 1.63. The predicted molar refractivity (Wildman–Crippen MR) is 140 cm³/mol. The molecule has 1 aliphatic heterocycles. The number of nitrogens with zero attached hydrogens (tertiary/aromatic N) is 1. The Morgan fingerprint density at radius 3 is 2.63 bits per heavy atom. The average molecular weight is 488 g/mol. The minimum atomic E-state index is -0.135. The summed E-state index contributed by atoms with van der Waals surface area (Å²) in [4.78, 5) is 17.9. The number of aromatic nitrogens is 1. The van der Waals surface area contributed by atoms with Crippen LogP contribution in [-0.4, -0.2) is 28.9 Å². The largest absolute Gasteiger partial charge is 0.497 e. The lowest BCUT2D eigenvalue weighted by Gasteiger charge is -2.26. The molecule has 0 saturated heterocycles. The van der Waals surface area contributed by atoms with Gasteiger partial charge in [0.25, 0.3) is 5.56 Å². The molecule has 0 atom stereocenters. The smallest absolute Gasteiger partial charge is 0.253 e. The number of hydrogen-bond acceptors (Lipinski definition) is 5. The molecule has 0 aliphatic carbocycles. The third-order valence-corrected chi connectivity index (χ3v) is 6.24. The van der Waals surface area contributed by atoms with E-state index >= 15 is 0 Å². The van der Waals surface area contributed by atoms with Crippen LogP contribution >= 0.6 is 12.2 Å². The molecule has 0 fully saturated rings. The van der Waals surface area contributed by atoms with Gasteiger partial charge in [0.2, 0.25) is 6.79 Å². The molecule has 0 spiro atoms. The van der Waals surface area contributed by atoms with Crippen LogP contribution in [0.5, 0.6) is 17.2 Å². The van der Waals surface area contributed by atoms with E-state index in [1.54, 1.807) is 7.11 Å². The highest BCUT2D eigenvalue weighted by Crippen LogP contribution is 2.33. The van der Waals surface area contributed by atoms with E-state index in [-0.39, 0.29) is 12.4 Å². The Balaban J connectivity index is 1.45. The van der Waals surface area contributed by atoms with Gasteiger partial charge in [-0.2, -0.15) is 0 Å². The number of fused-ring (bicyclic) bond motifs is 2. The number of H-pyrrole nitrogens is 1. The van der Waals surface area contributed by atoms with Crippen molar-refractivity contribution in [1.29, 1.82) is 0 Å². The van der Waals surface area contributed by atoms with Gasteiger partial charge in [0.05, 0.1) is 13.7 Å². The van der Waals surface area contributed by atoms with Crippen LogP contribution in [0.1, 0.15) is 16.7 Å². The van der Waals surface area contributed by atoms with Crippen LogP contribution in [0.15, 0.2) is 71.5 Å². The second-order valence-corrected chi connectivity index (χ2v) is 8.80. The number of benzene rings is 3. The highest BCUT2D eigenvalue weighted by Gasteiger charge is 2.18. The fourth-order valence-electron chi connectivity index (χ4n) is 4.03. The second kappa shape index (κ2) is 9.68. The topological polar surface area (TPSA) is 75.8 Å². The van der Waals surface area contributed by atoms with Gasteiger partial charge in [-0.25, -0.2) is 0 Å². The van der Waals surface area contributed by atoms with Gasteiger partial charge in [-0.3, -0.25) is 4.79 Å². The van der Waals surface area contributed by atoms with E-state index in [1.165, 1.54) is 0 Å². The Kier molecular flexibility index (Phi) is 6.29. The first-order chi connectivity index (χ1) is 17.0. The molecule has 1 aromatic heterocycles. The summed E-state index contributed by atoms with van der Waals surface area (Å²) in [6, 6.07) is 21.2. The van der Waals surface area contributed by atoms with E-state index in [2.05, 4.69) is 16.4 Å². The fourth-order valence-corrected chi connectivity index (χ4v) is 4.28. The number of aryl methyl sites for hydroxylation is 1. The van der Waals surface area contributed by atoms with Gasteiger partial charge in [0, 0.05) is 23.3 Å². The average Bonchev–Trinajstić information content (AvgIpc) is 3.32. The first-order valence-corrected chi connectivity index (χ1v) is 11.6. The number of rotatable bonds is 6. The van der Waals surface area contributed by atoms with Crippen molar-refractivity contribution in [2.45, 2.75) is 20.0 Å². The van der Waals surface area contributed by atoms with E-state index < -0.39 is 0 Å². The summed E-state index contributed by atoms with van der Waals surface area (Å²) in [5, 5.41) is 4.77. The Bertz CT molecular complexity index is 1450. The van der Waals surface area contributed by atoms with Gasteiger partial charge in [0.1, 0.15) is 5.75 Å². The predicted octanol–water partition coefficient (Wildman–Crippen LogP) is 4.97. The molecule has 2 N–H and O–H groups in total. The van der Waals surface area contributed by atoms with E-state index in [0.29, 0.717) is 29.5 Å². The van der Waals surface area contributed by atoms with E-state index in [1.807, 2.05) is 72.5 Å². The van der Waals surface area contributed by atoms with Crippen molar-refractivity contribution in [1.82, 2.24) is 9.88 Å². The molecule has 0 unspecified atom stereocenters. The summed E-state index contributed by atoms with van der Waals surface area (Å²) >= 11 is 5.79. The Hall–Kier alpha value is -4.04. The van der Waals surface area contributed by atoms with Crippen molar-refractivity contribution in [2.75, 3.05) is 19.2 Å². The number of pyridine rings is 1. The van der Waals surface area contributed by atoms with Gasteiger partial charge < -0.3 is 29.4 Å². The van der Waals surface area contributed by atoms with Crippen LogP contribution in [0.25, 0.3) is 10.9 Å². The first kappa shape index (κ1) is 22.7. The number of thiocarbonyl (C=S) groups is 1. The third kappa shape index (κ3) is 5.07. The molecule has 4 aromatic rings. The lowest BCUT2D eigenvalue weighted by atomic mass is 10.1. The molecule has 0 bridgehead atoms. The van der Waals surface area contributed by atoms with Crippen molar-refractivity contribution in [3.8, 4) is 17.2 Å². The summed E-state index contributed by atoms with van der Waals surface area (Å²) in [6.07, 6.45) is 0. The molecule has 178 valence electrons. The second-order valence-electron chi connectivity index (χ2n) is 8.42. The number of anilines is 1. The molecule has 35 heavy (non-hydrogen) atoms. The van der Waals surface area contributed by atoms with Crippen molar-refractivity contribution < 1.29 is 14.2 Å². The van der Waals surface area contributed by atoms with E-state index in [0.717, 1.165) is 39.2 Å². The number of ether oxygens (including phenoxy) is 3. The molecule has 8 heteroatoms. The minimum absolute atomic E-state index is 0.135. The van der Waals surface area contributed by atoms with Gasteiger partial charge in [-0.15, -0.1) is 0 Å². The maximum Gasteiger partial charge on any atom is 0.253 e. The monoisotopic (exact) mass is 487 g/mol. The molecule has 3 aromatic carbocycles. The Morgan fingerprint density at radius 2 is 1.83 bits per heavy atom. The maximum absolute atomic E-state index is 12.9. The zero-order valence-electron chi connectivity index (χ0n) is 19.5. The van der Waals surface area contributed by atoms with Gasteiger partial charge >= 0.3 is 0 Å². The number of methoxy groups -OCH3 is 1. The standard InChI is InChI=1S/C27H25N3O4S/c1-17-3-9-23-19(11-17)13-20(26(31)29-23)15-30(14-18-4-10-24-25(12-18)34-16-33-24)27(35)28-21-5-7-22(32-2)8-6-21/h3-13H,14-16H2,1-2H3,(H,28,35)(H,29,31). The quantitative estimate of drug-likeness (QED) is 0.372. The summed E-state index contributed by atoms with van der Waals surface area (Å²) in [5.74, 6) is 2.19. The van der Waals surface area contributed by atoms with Gasteiger partial charge in [0.15, 0.2) is 16.6 Å². The highest BCUT2D eigenvalue weighted by molar-refractivity contribution is 7.80. The van der Waals surface area contributed by atoms with Crippen molar-refractivity contribution >= 4 is 33.9 Å². The zero-order chi connectivity index (χ0) is 24.4. The van der Waals surface area contributed by atoms with Crippen LogP contribution in [-0.2, 0) is 13.1 Å². The first-order valence-electron chi connectivity index (χ1n) is 11.2. The molecule has 2 heterocycles. The highest BCUT2D eigenvalue weighted by atomic mass is 32.1. The van der Waals surface area contributed by atoms with Crippen molar-refractivity contribution in [2.24, 2.45) is 0 Å². The summed E-state index contributed by atoms with van der Waals surface area (Å²) in [5.41, 5.74) is 4.25. The third-order valence-electron chi connectivity index (χ3n) is 5.88. The molecular formula is C27H25N3O4S. The molecule has 0 saturated carbocycles. The zero-order valence-corrected chi connectivity index (χ0v) is 20.3. The van der Waals surface area contributed by atoms with Crippen LogP contribution in [0.2, 0.25) is 0 Å². The van der Waals surface area contributed by atoms with E-state index in [9.17, 15) is 4.79 Å². The van der Waals surface area contributed by atoms with Crippen molar-refractivity contribution in [3.05, 3.63) is 93.8 Å². The number of nitrogens with one attached hydrogen (secondary N) is 2. The van der Waals surface area contributed by atoms with Gasteiger partial charge in [-0.1, -0.05) is 17.7 Å². The normalized spacial score (nSPS) is 11.9. The molecule has 0 amide bonds. The fraction of sp³-hybridized carbons (Fsp3) is 0.185. The molecule has 1 aliphatic rings. The maximum atomic E-state index is 12.9. The van der Waals surface area contributed by atoms with Crippen LogP contribution in [0, 0.1) is 6.92 Å². The SMILES string of the molecule is COc1ccc(NC(=S)N(Cc2ccc3c(c2)OCO3)Cc2cc3cc(C)ccc3[nH]c2=O)cc1. The lowest BCUT2D eigenvalue weighted by molar-refractivity contribution is 0.174. The number of hydrogen-bond donors (Lipinski definition) is 2. The number of aromatic amines is 1. The summed E-state index contributed by atoms with van der Waals surface area (Å²) in [6.45, 7) is 3.05. The van der Waals surface area contributed by atoms with Crippen LogP contribution in [0.4, 0.5) is 5.69 Å². The van der Waals surface area contributed by atoms with Gasteiger partial charge in [-0.05, 0) is 84.7 Å². The van der Waals surface area contributed by atoms with E-state index in [4.69, 9.17) is 26.4 Å². The van der Waals surface area contributed by atoms with Crippen LogP contribution < -0.4 is 25.1 Å². The molecule has 7 nitrogen and oxygen atoms in total. The molecule has 5 rings (SSSR count). The van der Waals surface area contributed by atoms with Crippen molar-refractivity contribution in [3.63, 3.8) is 0 Å². The lowest BCUT2D eigenvalue weighted by Crippen LogP contribution is -2.35. The Morgan fingerprint density at radius 1 is 1.03 bits per heavy atom.